The number of benzene rings is 3. The van der Waals surface area contributed by atoms with Gasteiger partial charge in [-0.15, -0.1) is 22.7 Å². The van der Waals surface area contributed by atoms with Gasteiger partial charge in [-0.3, -0.25) is 4.57 Å². The van der Waals surface area contributed by atoms with E-state index in [1.165, 1.54) is 9.75 Å². The molecule has 0 saturated carbocycles. The summed E-state index contributed by atoms with van der Waals surface area (Å²) >= 11 is 3.45. The highest BCUT2D eigenvalue weighted by Gasteiger charge is 2.45. The first-order valence-electron chi connectivity index (χ1n) is 21.3. The van der Waals surface area contributed by atoms with Gasteiger partial charge in [0, 0.05) is 57.9 Å². The third kappa shape index (κ3) is 9.37. The molecule has 0 spiro atoms. The highest BCUT2D eigenvalue weighted by Crippen LogP contribution is 2.48. The number of ether oxygens (including phenoxy) is 4. The molecule has 15 heteroatoms. The van der Waals surface area contributed by atoms with Gasteiger partial charge in [0.2, 0.25) is 0 Å². The Morgan fingerprint density at radius 3 is 2.11 bits per heavy atom. The van der Waals surface area contributed by atoms with Crippen LogP contribution in [0.15, 0.2) is 127 Å². The van der Waals surface area contributed by atoms with Crippen LogP contribution in [0, 0.1) is 11.3 Å². The number of aromatic nitrogens is 3. The van der Waals surface area contributed by atoms with Crippen LogP contribution in [0.25, 0.3) is 31.4 Å². The largest absolute Gasteiger partial charge is 0.497 e. The molecule has 12 nitrogen and oxygen atoms in total. The third-order valence-electron chi connectivity index (χ3n) is 11.4. The molecule has 1 unspecified atom stereocenters. The molecule has 1 aliphatic rings. The predicted octanol–water partition coefficient (Wildman–Crippen LogP) is 11.1. The van der Waals surface area contributed by atoms with Gasteiger partial charge in [-0.2, -0.15) is 10.0 Å². The Kier molecular flexibility index (Phi) is 14.5. The molecule has 0 amide bonds. The second-order valence-corrected chi connectivity index (χ2v) is 19.2. The highest BCUT2D eigenvalue weighted by molar-refractivity contribution is 7.43. The van der Waals surface area contributed by atoms with E-state index in [-0.39, 0.29) is 25.1 Å². The quantitative estimate of drug-likeness (QED) is 0.0473. The van der Waals surface area contributed by atoms with Gasteiger partial charge in [-0.25, -0.2) is 15.0 Å². The second kappa shape index (κ2) is 20.4. The minimum absolute atomic E-state index is 0.0361. The van der Waals surface area contributed by atoms with Crippen molar-refractivity contribution in [2.45, 2.75) is 76.7 Å². The van der Waals surface area contributed by atoms with Crippen molar-refractivity contribution >= 4 is 42.4 Å². The Morgan fingerprint density at radius 1 is 0.844 bits per heavy atom. The molecule has 0 aliphatic carbocycles. The van der Waals surface area contributed by atoms with Crippen molar-refractivity contribution in [1.82, 2.24) is 24.3 Å². The molecular weight excluding hydrogens is 864 g/mol. The molecule has 1 N–H and O–H groups in total. The highest BCUT2D eigenvalue weighted by atomic mass is 32.1. The summed E-state index contributed by atoms with van der Waals surface area (Å²) in [6, 6.07) is 38.8. The Balaban J connectivity index is 1.18. The molecule has 5 heterocycles. The number of imidazole rings is 1. The lowest BCUT2D eigenvalue weighted by Crippen LogP contribution is -2.49. The number of rotatable bonds is 19. The van der Waals surface area contributed by atoms with E-state index in [0.717, 1.165) is 44.1 Å². The minimum atomic E-state index is -2.23. The molecule has 4 aromatic heterocycles. The van der Waals surface area contributed by atoms with Gasteiger partial charge in [0.25, 0.3) is 8.53 Å². The number of pyridine rings is 1. The van der Waals surface area contributed by atoms with Crippen LogP contribution >= 0.6 is 31.2 Å². The van der Waals surface area contributed by atoms with Gasteiger partial charge < -0.3 is 28.4 Å². The van der Waals surface area contributed by atoms with E-state index in [2.05, 4.69) is 80.6 Å². The fourth-order valence-corrected chi connectivity index (χ4v) is 11.8. The van der Waals surface area contributed by atoms with Crippen molar-refractivity contribution < 1.29 is 28.4 Å². The molecule has 3 aromatic carbocycles. The first kappa shape index (κ1) is 45.5. The maximum Gasteiger partial charge on any atom is 0.271 e. The van der Waals surface area contributed by atoms with E-state index in [9.17, 15) is 10.2 Å². The molecule has 0 bridgehead atoms. The molecule has 332 valence electrons. The van der Waals surface area contributed by atoms with Gasteiger partial charge in [-0.05, 0) is 98.3 Å². The molecule has 64 heavy (non-hydrogen) atoms. The molecular formula is C49H53N6O6PS2. The van der Waals surface area contributed by atoms with Crippen molar-refractivity contribution in [2.24, 2.45) is 0 Å². The Morgan fingerprint density at radius 2 is 1.50 bits per heavy atom. The SMILES string of the molecule is COc1ccc(C(OC[C@H]2O[C@@H](n3cnc4c(-c5ccc(-c6cccs6)s5)ccnc43)C[C@@H]2OP(O)N(CCC#N)N(C(C)C)C(C)C)(c2ccccc2)c2ccc(OC)cc2)cc1. The summed E-state index contributed by atoms with van der Waals surface area (Å²) in [5.41, 5.74) is 3.97. The average molecular weight is 917 g/mol. The van der Waals surface area contributed by atoms with E-state index in [1.54, 1.807) is 43.2 Å². The number of hydrogen-bond acceptors (Lipinski definition) is 13. The van der Waals surface area contributed by atoms with Crippen LogP contribution in [0.2, 0.25) is 0 Å². The van der Waals surface area contributed by atoms with Gasteiger partial charge in [0.1, 0.15) is 34.9 Å². The number of fused-ring (bicyclic) bond motifs is 1. The summed E-state index contributed by atoms with van der Waals surface area (Å²) in [6.45, 7) is 8.65. The molecule has 1 fully saturated rings. The molecule has 0 radical (unpaired) electrons. The van der Waals surface area contributed by atoms with Crippen LogP contribution < -0.4 is 9.47 Å². The molecule has 1 aliphatic heterocycles. The molecule has 1 saturated heterocycles. The molecule has 4 atom stereocenters. The van der Waals surface area contributed by atoms with Crippen molar-refractivity contribution in [3.63, 3.8) is 0 Å². The monoisotopic (exact) mass is 916 g/mol. The van der Waals surface area contributed by atoms with E-state index >= 15 is 0 Å². The summed E-state index contributed by atoms with van der Waals surface area (Å²) in [5.74, 6) is 1.44. The molecule has 7 aromatic rings. The normalized spacial score (nSPS) is 17.2. The number of hydrazine groups is 1. The minimum Gasteiger partial charge on any atom is -0.497 e. The second-order valence-electron chi connectivity index (χ2n) is 16.0. The van der Waals surface area contributed by atoms with Crippen molar-refractivity contribution in [2.75, 3.05) is 27.4 Å². The smallest absolute Gasteiger partial charge is 0.271 e. The topological polar surface area (TPSA) is 127 Å². The van der Waals surface area contributed by atoms with E-state index in [4.69, 9.17) is 33.4 Å². The Labute approximate surface area is 384 Å². The standard InChI is InChI=1S/C49H53N6O6PS2/c1-33(2)55(34(3)4)54(28-11-26-50)62(56)61-41-30-46(53-32-52-47-40(25-27-51-48(47)53)43-23-24-45(64-43)44-14-10-29-63-44)60-42(41)31-59-49(35-12-8-7-9-13-35,36-15-19-38(57-5)20-16-36)37-17-21-39(58-6)22-18-37/h7-10,12-25,27,29,32-34,41-42,46,56H,11,28,30-31H2,1-6H3/t41-,42+,46+,62?/m0/s1. The Hall–Kier alpha value is -5.04. The third-order valence-corrected chi connectivity index (χ3v) is 14.8. The van der Waals surface area contributed by atoms with Crippen molar-refractivity contribution in [3.05, 3.63) is 144 Å². The van der Waals surface area contributed by atoms with Gasteiger partial charge in [0.15, 0.2) is 5.65 Å². The summed E-state index contributed by atoms with van der Waals surface area (Å²) in [5, 5.41) is 13.8. The van der Waals surface area contributed by atoms with Crippen LogP contribution in [0.3, 0.4) is 0 Å². The predicted molar refractivity (Wildman–Crippen MR) is 254 cm³/mol. The van der Waals surface area contributed by atoms with Crippen LogP contribution in [0.4, 0.5) is 0 Å². The molecule has 8 rings (SSSR count). The van der Waals surface area contributed by atoms with Gasteiger partial charge in [-0.1, -0.05) is 60.7 Å². The maximum atomic E-state index is 12.1. The van der Waals surface area contributed by atoms with E-state index in [0.29, 0.717) is 18.6 Å². The van der Waals surface area contributed by atoms with E-state index in [1.807, 2.05) is 88.3 Å². The zero-order valence-corrected chi connectivity index (χ0v) is 39.3. The van der Waals surface area contributed by atoms with Crippen LogP contribution in [0.5, 0.6) is 11.5 Å². The fraction of sp³-hybridized carbons (Fsp3) is 0.327. The van der Waals surface area contributed by atoms with Crippen molar-refractivity contribution in [3.8, 4) is 37.8 Å². The number of hydrogen-bond donors (Lipinski definition) is 1. The summed E-state index contributed by atoms with van der Waals surface area (Å²) in [7, 11) is 1.07. The first-order chi connectivity index (χ1) is 31.1. The summed E-state index contributed by atoms with van der Waals surface area (Å²) in [6.07, 6.45) is 2.30. The van der Waals surface area contributed by atoms with Gasteiger partial charge >= 0.3 is 0 Å². The average Bonchev–Trinajstić information content (AvgIpc) is 4.16. The van der Waals surface area contributed by atoms with E-state index < -0.39 is 32.6 Å². The number of nitriles is 1. The van der Waals surface area contributed by atoms with Crippen LogP contribution in [0.1, 0.15) is 63.5 Å². The lowest BCUT2D eigenvalue weighted by molar-refractivity contribution is -0.0930. The Bertz CT molecular complexity index is 2560. The first-order valence-corrected chi connectivity index (χ1v) is 24.2. The lowest BCUT2D eigenvalue weighted by atomic mass is 9.80. The number of methoxy groups -OCH3 is 2. The lowest BCUT2D eigenvalue weighted by Gasteiger charge is -2.42. The summed E-state index contributed by atoms with van der Waals surface area (Å²) < 4.78 is 36.1. The van der Waals surface area contributed by atoms with Crippen LogP contribution in [-0.2, 0) is 19.6 Å². The maximum absolute atomic E-state index is 12.1. The number of thiophene rings is 2. The number of nitrogens with zero attached hydrogens (tertiary/aromatic N) is 6. The summed E-state index contributed by atoms with van der Waals surface area (Å²) in [4.78, 5) is 25.4. The van der Waals surface area contributed by atoms with Crippen LogP contribution in [-0.4, -0.2) is 80.9 Å². The van der Waals surface area contributed by atoms with Crippen molar-refractivity contribution in [1.29, 1.82) is 5.26 Å². The fourth-order valence-electron chi connectivity index (χ4n) is 8.54. The van der Waals surface area contributed by atoms with Gasteiger partial charge in [0.05, 0.1) is 39.3 Å². The zero-order chi connectivity index (χ0) is 44.8. The zero-order valence-electron chi connectivity index (χ0n) is 36.8.